The smallest absolute Gasteiger partial charge is 0.407 e. The number of carbonyl (C=O) groups is 2. The molecule has 2 N–H and O–H groups in total. The van der Waals surface area contributed by atoms with Gasteiger partial charge >= 0.3 is 6.09 Å². The summed E-state index contributed by atoms with van der Waals surface area (Å²) < 4.78 is 10.1. The standard InChI is InChI=1S/C22H23N3O4/c1-23-21(26)15-28-22(27)24-13-5-8-19-14-20(25-29-19)18-11-9-17(10-12-18)16-6-3-2-4-7-16/h2-4,6-7,9-12,14H,5,8,13,15H2,1H3,(H,23,26)(H,24,27). The van der Waals surface area contributed by atoms with Gasteiger partial charge in [-0.05, 0) is 17.5 Å². The molecule has 0 saturated heterocycles. The lowest BCUT2D eigenvalue weighted by molar-refractivity contribution is -0.123. The number of aryl methyl sites for hydroxylation is 1. The van der Waals surface area contributed by atoms with Crippen LogP contribution in [0.1, 0.15) is 12.2 Å². The van der Waals surface area contributed by atoms with E-state index in [9.17, 15) is 9.59 Å². The number of hydrogen-bond acceptors (Lipinski definition) is 5. The summed E-state index contributed by atoms with van der Waals surface area (Å²) in [5.74, 6) is 0.388. The van der Waals surface area contributed by atoms with Gasteiger partial charge in [-0.2, -0.15) is 0 Å². The first-order valence-corrected chi connectivity index (χ1v) is 9.38. The van der Waals surface area contributed by atoms with Gasteiger partial charge < -0.3 is 19.9 Å². The number of carbonyl (C=O) groups excluding carboxylic acids is 2. The Bertz CT molecular complexity index is 936. The number of nitrogens with one attached hydrogen (secondary N) is 2. The fourth-order valence-electron chi connectivity index (χ4n) is 2.74. The third-order valence-corrected chi connectivity index (χ3v) is 4.33. The predicted molar refractivity (Wildman–Crippen MR) is 109 cm³/mol. The molecule has 2 amide bonds. The molecule has 0 atom stereocenters. The number of aromatic nitrogens is 1. The van der Waals surface area contributed by atoms with Crippen LogP contribution in [0.4, 0.5) is 4.79 Å². The summed E-state index contributed by atoms with van der Waals surface area (Å²) in [5.41, 5.74) is 4.07. The summed E-state index contributed by atoms with van der Waals surface area (Å²) in [6, 6.07) is 20.3. The Morgan fingerprint density at radius 1 is 1.00 bits per heavy atom. The van der Waals surface area contributed by atoms with Gasteiger partial charge in [-0.1, -0.05) is 59.8 Å². The maximum atomic E-state index is 11.4. The average Bonchev–Trinajstić information content (AvgIpc) is 3.24. The molecule has 150 valence electrons. The Labute approximate surface area is 169 Å². The van der Waals surface area contributed by atoms with Crippen LogP contribution in [-0.2, 0) is 16.0 Å². The number of rotatable bonds is 8. The Morgan fingerprint density at radius 2 is 1.69 bits per heavy atom. The van der Waals surface area contributed by atoms with Crippen molar-refractivity contribution < 1.29 is 18.8 Å². The molecule has 0 radical (unpaired) electrons. The first-order chi connectivity index (χ1) is 14.2. The van der Waals surface area contributed by atoms with E-state index in [1.165, 1.54) is 12.6 Å². The molecule has 0 aliphatic heterocycles. The fraction of sp³-hybridized carbons (Fsp3) is 0.227. The summed E-state index contributed by atoms with van der Waals surface area (Å²) in [6.07, 6.45) is 0.673. The molecule has 0 aliphatic rings. The van der Waals surface area contributed by atoms with E-state index in [0.717, 1.165) is 22.6 Å². The Balaban J connectivity index is 1.46. The van der Waals surface area contributed by atoms with Crippen LogP contribution in [0, 0.1) is 0 Å². The maximum absolute atomic E-state index is 11.4. The number of nitrogens with zero attached hydrogens (tertiary/aromatic N) is 1. The van der Waals surface area contributed by atoms with E-state index in [-0.39, 0.29) is 12.5 Å². The van der Waals surface area contributed by atoms with Crippen LogP contribution in [0.3, 0.4) is 0 Å². The molecule has 7 nitrogen and oxygen atoms in total. The summed E-state index contributed by atoms with van der Waals surface area (Å²) in [5, 5.41) is 9.09. The summed E-state index contributed by atoms with van der Waals surface area (Å²) in [4.78, 5) is 22.5. The van der Waals surface area contributed by atoms with Crippen molar-refractivity contribution >= 4 is 12.0 Å². The molecule has 0 bridgehead atoms. The number of hydrogen-bond donors (Lipinski definition) is 2. The molecule has 2 aromatic carbocycles. The van der Waals surface area contributed by atoms with E-state index in [2.05, 4.69) is 40.1 Å². The van der Waals surface area contributed by atoms with Gasteiger partial charge in [0, 0.05) is 31.6 Å². The van der Waals surface area contributed by atoms with Crippen LogP contribution in [0.2, 0.25) is 0 Å². The van der Waals surface area contributed by atoms with Gasteiger partial charge in [0.25, 0.3) is 5.91 Å². The van der Waals surface area contributed by atoms with E-state index in [1.807, 2.05) is 36.4 Å². The molecule has 1 heterocycles. The molecule has 29 heavy (non-hydrogen) atoms. The second kappa shape index (κ2) is 10.1. The Kier molecular flexibility index (Phi) is 7.00. The lowest BCUT2D eigenvalue weighted by Crippen LogP contribution is -2.31. The molecule has 1 aromatic heterocycles. The zero-order valence-corrected chi connectivity index (χ0v) is 16.2. The normalized spacial score (nSPS) is 10.4. The summed E-state index contributed by atoms with van der Waals surface area (Å²) >= 11 is 0. The van der Waals surface area contributed by atoms with Crippen molar-refractivity contribution in [2.75, 3.05) is 20.2 Å². The van der Waals surface area contributed by atoms with E-state index in [0.29, 0.717) is 19.4 Å². The molecule has 0 aliphatic carbocycles. The van der Waals surface area contributed by atoms with E-state index < -0.39 is 6.09 Å². The maximum Gasteiger partial charge on any atom is 0.407 e. The number of amides is 2. The minimum atomic E-state index is -0.620. The Hall–Kier alpha value is -3.61. The molecule has 3 aromatic rings. The second-order valence-electron chi connectivity index (χ2n) is 6.40. The molecular weight excluding hydrogens is 370 g/mol. The van der Waals surface area contributed by atoms with Crippen molar-refractivity contribution in [2.45, 2.75) is 12.8 Å². The minimum absolute atomic E-state index is 0.295. The van der Waals surface area contributed by atoms with Crippen LogP contribution in [0.25, 0.3) is 22.4 Å². The van der Waals surface area contributed by atoms with Gasteiger partial charge in [-0.25, -0.2) is 4.79 Å². The first kappa shape index (κ1) is 20.1. The summed E-state index contributed by atoms with van der Waals surface area (Å²) in [6.45, 7) is 0.116. The molecule has 0 fully saturated rings. The first-order valence-electron chi connectivity index (χ1n) is 9.38. The lowest BCUT2D eigenvalue weighted by Gasteiger charge is -2.05. The zero-order chi connectivity index (χ0) is 20.5. The van der Waals surface area contributed by atoms with Gasteiger partial charge in [0.05, 0.1) is 0 Å². The number of likely N-dealkylation sites (N-methyl/N-ethyl adjacent to an activating group) is 1. The molecule has 7 heteroatoms. The van der Waals surface area contributed by atoms with E-state index in [1.54, 1.807) is 0 Å². The number of benzene rings is 2. The number of alkyl carbamates (subject to hydrolysis) is 1. The minimum Gasteiger partial charge on any atom is -0.439 e. The highest BCUT2D eigenvalue weighted by Gasteiger charge is 2.08. The van der Waals surface area contributed by atoms with Crippen molar-refractivity contribution in [3.8, 4) is 22.4 Å². The van der Waals surface area contributed by atoms with Crippen LogP contribution >= 0.6 is 0 Å². The van der Waals surface area contributed by atoms with Gasteiger partial charge in [-0.3, -0.25) is 4.79 Å². The highest BCUT2D eigenvalue weighted by atomic mass is 16.6. The van der Waals surface area contributed by atoms with Crippen LogP contribution in [0.5, 0.6) is 0 Å². The van der Waals surface area contributed by atoms with Crippen molar-refractivity contribution in [2.24, 2.45) is 0 Å². The molecule has 0 unspecified atom stereocenters. The highest BCUT2D eigenvalue weighted by Crippen LogP contribution is 2.24. The van der Waals surface area contributed by atoms with Gasteiger partial charge in [0.2, 0.25) is 0 Å². The number of ether oxygens (including phenoxy) is 1. The Morgan fingerprint density at radius 3 is 2.41 bits per heavy atom. The van der Waals surface area contributed by atoms with E-state index in [4.69, 9.17) is 9.26 Å². The van der Waals surface area contributed by atoms with E-state index >= 15 is 0 Å². The SMILES string of the molecule is CNC(=O)COC(=O)NCCCc1cc(-c2ccc(-c3ccccc3)cc2)no1. The molecule has 0 saturated carbocycles. The van der Waals surface area contributed by atoms with Crippen molar-refractivity contribution in [3.63, 3.8) is 0 Å². The predicted octanol–water partition coefficient (Wildman–Crippen LogP) is 3.41. The zero-order valence-electron chi connectivity index (χ0n) is 16.2. The highest BCUT2D eigenvalue weighted by molar-refractivity contribution is 5.79. The molecule has 3 rings (SSSR count). The topological polar surface area (TPSA) is 93.5 Å². The lowest BCUT2D eigenvalue weighted by atomic mass is 10.0. The van der Waals surface area contributed by atoms with Crippen molar-refractivity contribution in [1.82, 2.24) is 15.8 Å². The third-order valence-electron chi connectivity index (χ3n) is 4.33. The van der Waals surface area contributed by atoms with Gasteiger partial charge in [-0.15, -0.1) is 0 Å². The van der Waals surface area contributed by atoms with Crippen LogP contribution in [-0.4, -0.2) is 37.4 Å². The third kappa shape index (κ3) is 5.93. The largest absolute Gasteiger partial charge is 0.439 e. The van der Waals surface area contributed by atoms with Gasteiger partial charge in [0.15, 0.2) is 6.61 Å². The molecular formula is C22H23N3O4. The monoisotopic (exact) mass is 393 g/mol. The van der Waals surface area contributed by atoms with Crippen molar-refractivity contribution in [1.29, 1.82) is 0 Å². The second-order valence-corrected chi connectivity index (χ2v) is 6.40. The average molecular weight is 393 g/mol. The van der Waals surface area contributed by atoms with Crippen LogP contribution < -0.4 is 10.6 Å². The molecule has 0 spiro atoms. The quantitative estimate of drug-likeness (QED) is 0.572. The summed E-state index contributed by atoms with van der Waals surface area (Å²) in [7, 11) is 1.48. The fourth-order valence-corrected chi connectivity index (χ4v) is 2.74. The van der Waals surface area contributed by atoms with Gasteiger partial charge in [0.1, 0.15) is 11.5 Å². The van der Waals surface area contributed by atoms with Crippen molar-refractivity contribution in [3.05, 3.63) is 66.4 Å². The van der Waals surface area contributed by atoms with Crippen LogP contribution in [0.15, 0.2) is 65.2 Å².